The van der Waals surface area contributed by atoms with Crippen LogP contribution < -0.4 is 10.6 Å². The number of benzene rings is 1. The van der Waals surface area contributed by atoms with Gasteiger partial charge in [0.1, 0.15) is 5.54 Å². The second-order valence-electron chi connectivity index (χ2n) is 6.99. The molecule has 1 saturated carbocycles. The predicted molar refractivity (Wildman–Crippen MR) is 96.2 cm³/mol. The molecular formula is C18H22N4O5. The molecule has 9 nitrogen and oxygen atoms in total. The Hall–Kier alpha value is -2.97. The van der Waals surface area contributed by atoms with Crippen molar-refractivity contribution < 1.29 is 19.3 Å². The number of hydrogen-bond acceptors (Lipinski definition) is 5. The van der Waals surface area contributed by atoms with Crippen LogP contribution in [0.15, 0.2) is 18.2 Å². The molecule has 0 radical (unpaired) electrons. The number of imide groups is 1. The number of urea groups is 1. The molecule has 1 heterocycles. The van der Waals surface area contributed by atoms with Gasteiger partial charge in [0.15, 0.2) is 0 Å². The van der Waals surface area contributed by atoms with Crippen molar-refractivity contribution in [3.8, 4) is 0 Å². The summed E-state index contributed by atoms with van der Waals surface area (Å²) in [5.41, 5.74) is -0.286. The number of nitro benzene ring substituents is 1. The zero-order valence-electron chi connectivity index (χ0n) is 15.1. The summed E-state index contributed by atoms with van der Waals surface area (Å²) >= 11 is 0. The maximum absolute atomic E-state index is 12.5. The minimum atomic E-state index is -0.722. The molecule has 2 fully saturated rings. The summed E-state index contributed by atoms with van der Waals surface area (Å²) in [5.74, 6) is -0.591. The molecule has 0 unspecified atom stereocenters. The Morgan fingerprint density at radius 3 is 2.70 bits per heavy atom. The van der Waals surface area contributed by atoms with Crippen LogP contribution in [0.1, 0.15) is 48.0 Å². The zero-order valence-corrected chi connectivity index (χ0v) is 15.1. The summed E-state index contributed by atoms with van der Waals surface area (Å²) in [4.78, 5) is 48.6. The largest absolute Gasteiger partial charge is 0.352 e. The molecule has 0 bridgehead atoms. The third-order valence-electron chi connectivity index (χ3n) is 5.29. The lowest BCUT2D eigenvalue weighted by Gasteiger charge is -2.20. The van der Waals surface area contributed by atoms with E-state index in [0.717, 1.165) is 12.8 Å². The fourth-order valence-electron chi connectivity index (χ4n) is 3.80. The Balaban J connectivity index is 1.53. The van der Waals surface area contributed by atoms with E-state index >= 15 is 0 Å². The van der Waals surface area contributed by atoms with Crippen molar-refractivity contribution in [1.82, 2.24) is 15.5 Å². The minimum absolute atomic E-state index is 0.108. The first-order chi connectivity index (χ1) is 12.9. The summed E-state index contributed by atoms with van der Waals surface area (Å²) in [5, 5.41) is 16.5. The van der Waals surface area contributed by atoms with Gasteiger partial charge in [0.05, 0.1) is 4.92 Å². The first-order valence-electron chi connectivity index (χ1n) is 9.02. The topological polar surface area (TPSA) is 122 Å². The molecule has 4 amide bonds. The highest BCUT2D eigenvalue weighted by Crippen LogP contribution is 2.35. The average Bonchev–Trinajstić information content (AvgIpc) is 3.18. The minimum Gasteiger partial charge on any atom is -0.352 e. The molecule has 144 valence electrons. The summed E-state index contributed by atoms with van der Waals surface area (Å²) < 4.78 is 0. The van der Waals surface area contributed by atoms with Gasteiger partial charge in [-0.1, -0.05) is 18.9 Å². The van der Waals surface area contributed by atoms with Crippen LogP contribution in [-0.2, 0) is 4.79 Å². The van der Waals surface area contributed by atoms with E-state index in [9.17, 15) is 24.5 Å². The number of nitrogens with zero attached hydrogens (tertiary/aromatic N) is 2. The second-order valence-corrected chi connectivity index (χ2v) is 6.99. The molecule has 1 aromatic carbocycles. The third-order valence-corrected chi connectivity index (χ3v) is 5.29. The maximum Gasteiger partial charge on any atom is 0.325 e. The molecule has 2 aliphatic rings. The molecule has 0 atom stereocenters. The van der Waals surface area contributed by atoms with Gasteiger partial charge in [-0.2, -0.15) is 0 Å². The van der Waals surface area contributed by atoms with Crippen LogP contribution in [0.5, 0.6) is 0 Å². The third kappa shape index (κ3) is 3.49. The number of hydrogen-bond donors (Lipinski definition) is 2. The standard InChI is InChI=1S/C18H22N4O5/c1-12-13(6-4-7-14(12)22(26)27)15(23)19-10-5-11-21-16(24)18(20-17(21)25)8-2-3-9-18/h4,6-7H,2-3,5,8-11H2,1H3,(H,19,23)(H,20,25). The number of carbonyl (C=O) groups excluding carboxylic acids is 3. The second kappa shape index (κ2) is 7.34. The monoisotopic (exact) mass is 374 g/mol. The van der Waals surface area contributed by atoms with Crippen LogP contribution in [0.25, 0.3) is 0 Å². The van der Waals surface area contributed by atoms with Crippen molar-refractivity contribution in [3.63, 3.8) is 0 Å². The van der Waals surface area contributed by atoms with E-state index in [1.165, 1.54) is 30.0 Å². The Labute approximate surface area is 156 Å². The zero-order chi connectivity index (χ0) is 19.6. The summed E-state index contributed by atoms with van der Waals surface area (Å²) in [6, 6.07) is 3.97. The Kier molecular flexibility index (Phi) is 5.11. The van der Waals surface area contributed by atoms with E-state index in [1.807, 2.05) is 0 Å². The molecule has 1 spiro atoms. The molecule has 27 heavy (non-hydrogen) atoms. The number of nitro groups is 1. The van der Waals surface area contributed by atoms with E-state index in [-0.39, 0.29) is 36.3 Å². The van der Waals surface area contributed by atoms with Gasteiger partial charge in [-0.15, -0.1) is 0 Å². The van der Waals surface area contributed by atoms with E-state index in [0.29, 0.717) is 24.8 Å². The van der Waals surface area contributed by atoms with Gasteiger partial charge in [-0.25, -0.2) is 4.79 Å². The van der Waals surface area contributed by atoms with Gasteiger partial charge < -0.3 is 10.6 Å². The summed E-state index contributed by atoms with van der Waals surface area (Å²) in [6.07, 6.45) is 3.62. The van der Waals surface area contributed by atoms with Crippen molar-refractivity contribution in [2.45, 2.75) is 44.6 Å². The summed E-state index contributed by atoms with van der Waals surface area (Å²) in [7, 11) is 0. The number of rotatable bonds is 6. The van der Waals surface area contributed by atoms with Gasteiger partial charge in [0.25, 0.3) is 17.5 Å². The van der Waals surface area contributed by atoms with E-state index in [1.54, 1.807) is 0 Å². The quantitative estimate of drug-likeness (QED) is 0.341. The highest BCUT2D eigenvalue weighted by molar-refractivity contribution is 6.07. The highest BCUT2D eigenvalue weighted by atomic mass is 16.6. The fourth-order valence-corrected chi connectivity index (χ4v) is 3.80. The molecular weight excluding hydrogens is 352 g/mol. The first-order valence-corrected chi connectivity index (χ1v) is 9.02. The van der Waals surface area contributed by atoms with E-state index in [4.69, 9.17) is 0 Å². The molecule has 9 heteroatoms. The molecule has 1 aromatic rings. The molecule has 1 saturated heterocycles. The molecule has 1 aliphatic carbocycles. The van der Waals surface area contributed by atoms with Crippen molar-refractivity contribution >= 4 is 23.5 Å². The predicted octanol–water partition coefficient (Wildman–Crippen LogP) is 1.89. The first kappa shape index (κ1) is 18.8. The van der Waals surface area contributed by atoms with Crippen LogP contribution in [0, 0.1) is 17.0 Å². The Bertz CT molecular complexity index is 801. The van der Waals surface area contributed by atoms with Gasteiger partial charge in [0.2, 0.25) is 0 Å². The highest BCUT2D eigenvalue weighted by Gasteiger charge is 2.51. The number of nitrogens with one attached hydrogen (secondary N) is 2. The van der Waals surface area contributed by atoms with Crippen LogP contribution >= 0.6 is 0 Å². The van der Waals surface area contributed by atoms with Crippen LogP contribution in [0.2, 0.25) is 0 Å². The van der Waals surface area contributed by atoms with Gasteiger partial charge in [0, 0.05) is 30.3 Å². The lowest BCUT2D eigenvalue weighted by Crippen LogP contribution is -2.44. The van der Waals surface area contributed by atoms with Crippen LogP contribution in [0.4, 0.5) is 10.5 Å². The van der Waals surface area contributed by atoms with Crippen LogP contribution in [-0.4, -0.2) is 46.3 Å². The van der Waals surface area contributed by atoms with Crippen molar-refractivity contribution in [2.75, 3.05) is 13.1 Å². The molecule has 3 rings (SSSR count). The van der Waals surface area contributed by atoms with E-state index in [2.05, 4.69) is 10.6 Å². The van der Waals surface area contributed by atoms with Crippen molar-refractivity contribution in [1.29, 1.82) is 0 Å². The smallest absolute Gasteiger partial charge is 0.325 e. The van der Waals surface area contributed by atoms with Crippen molar-refractivity contribution in [2.24, 2.45) is 0 Å². The van der Waals surface area contributed by atoms with Crippen LogP contribution in [0.3, 0.4) is 0 Å². The van der Waals surface area contributed by atoms with Gasteiger partial charge >= 0.3 is 6.03 Å². The summed E-state index contributed by atoms with van der Waals surface area (Å²) in [6.45, 7) is 2.01. The molecule has 0 aromatic heterocycles. The maximum atomic E-state index is 12.5. The fraction of sp³-hybridized carbons (Fsp3) is 0.500. The SMILES string of the molecule is Cc1c(C(=O)NCCCN2C(=O)NC3(CCCC3)C2=O)cccc1[N+](=O)[O-]. The normalized spacial score (nSPS) is 18.0. The molecule has 1 aliphatic heterocycles. The molecule has 2 N–H and O–H groups in total. The van der Waals surface area contributed by atoms with Gasteiger partial charge in [-0.05, 0) is 32.3 Å². The van der Waals surface area contributed by atoms with Crippen molar-refractivity contribution in [3.05, 3.63) is 39.4 Å². The Morgan fingerprint density at radius 1 is 1.33 bits per heavy atom. The number of carbonyl (C=O) groups is 3. The Morgan fingerprint density at radius 2 is 2.04 bits per heavy atom. The lowest BCUT2D eigenvalue weighted by molar-refractivity contribution is -0.385. The van der Waals surface area contributed by atoms with Gasteiger partial charge in [-0.3, -0.25) is 24.6 Å². The number of amides is 4. The average molecular weight is 374 g/mol. The van der Waals surface area contributed by atoms with E-state index < -0.39 is 16.4 Å². The lowest BCUT2D eigenvalue weighted by atomic mass is 9.98.